The van der Waals surface area contributed by atoms with E-state index < -0.39 is 5.56 Å². The third-order valence-corrected chi connectivity index (χ3v) is 7.64. The van der Waals surface area contributed by atoms with Crippen LogP contribution in [-0.4, -0.2) is 31.0 Å². The molecule has 3 aromatic carbocycles. The molecule has 0 amide bonds. The number of hydrogen-bond donors (Lipinski definition) is 0. The van der Waals surface area contributed by atoms with Gasteiger partial charge in [-0.15, -0.1) is 0 Å². The maximum atomic E-state index is 13.4. The van der Waals surface area contributed by atoms with Gasteiger partial charge in [-0.05, 0) is 66.6 Å². The predicted molar refractivity (Wildman–Crippen MR) is 161 cm³/mol. The summed E-state index contributed by atoms with van der Waals surface area (Å²) in [6, 6.07) is 23.2. The number of hydrogen-bond acceptors (Lipinski definition) is 7. The third kappa shape index (κ3) is 5.75. The number of para-hydroxylation sites is 1. The highest BCUT2D eigenvalue weighted by Crippen LogP contribution is 2.26. The van der Waals surface area contributed by atoms with Crippen LogP contribution in [0.3, 0.4) is 0 Å². The van der Waals surface area contributed by atoms with Crippen molar-refractivity contribution in [2.45, 2.75) is 26.2 Å². The smallest absolute Gasteiger partial charge is 0.296 e. The summed E-state index contributed by atoms with van der Waals surface area (Å²) < 4.78 is 22.4. The molecule has 42 heavy (non-hydrogen) atoms. The zero-order chi connectivity index (χ0) is 29.1. The van der Waals surface area contributed by atoms with Crippen LogP contribution in [0.5, 0.6) is 5.75 Å². The van der Waals surface area contributed by atoms with E-state index in [1.54, 1.807) is 22.9 Å². The highest BCUT2D eigenvalue weighted by Gasteiger charge is 2.15. The minimum Gasteiger partial charge on any atom is -0.494 e. The van der Waals surface area contributed by atoms with Gasteiger partial charge in [0, 0.05) is 23.7 Å². The van der Waals surface area contributed by atoms with Crippen LogP contribution < -0.4 is 20.4 Å². The van der Waals surface area contributed by atoms with Crippen molar-refractivity contribution >= 4 is 22.4 Å². The first-order valence-electron chi connectivity index (χ1n) is 13.6. The summed E-state index contributed by atoms with van der Waals surface area (Å²) in [6.45, 7) is 2.78. The van der Waals surface area contributed by atoms with Crippen molar-refractivity contribution in [2.24, 2.45) is 0 Å². The van der Waals surface area contributed by atoms with Gasteiger partial charge in [-0.1, -0.05) is 55.0 Å². The molecular weight excluding hydrogens is 553 g/mol. The number of aromatic nitrogens is 5. The second-order valence-electron chi connectivity index (χ2n) is 9.72. The topological polar surface area (TPSA) is 91.4 Å². The minimum atomic E-state index is -0.522. The molecule has 0 fully saturated rings. The summed E-state index contributed by atoms with van der Waals surface area (Å²) in [6.07, 6.45) is 5.79. The zero-order valence-electron chi connectivity index (χ0n) is 22.7. The minimum absolute atomic E-state index is 0.111. The molecule has 210 valence electrons. The van der Waals surface area contributed by atoms with Crippen LogP contribution in [-0.2, 0) is 6.42 Å². The standard InChI is InChI=1S/C32H26FN5O3S/c1-2-3-17-41-26-15-11-22(12-16-26)29-23(20-37(36-29)25-7-5-4-6-8-25)19-28-31(40)38-32(42-28)34-30(39)27(35-38)18-21-9-13-24(33)14-10-21/h4-16,19-20H,2-3,17-18H2,1H3. The number of rotatable bonds is 9. The van der Waals surface area contributed by atoms with Crippen LogP contribution in [0.1, 0.15) is 36.6 Å². The van der Waals surface area contributed by atoms with E-state index in [-0.39, 0.29) is 28.5 Å². The number of unbranched alkanes of at least 4 members (excludes halogenated alkanes) is 1. The van der Waals surface area contributed by atoms with E-state index in [2.05, 4.69) is 17.0 Å². The first kappa shape index (κ1) is 27.2. The van der Waals surface area contributed by atoms with E-state index in [4.69, 9.17) is 9.84 Å². The molecule has 0 saturated heterocycles. The van der Waals surface area contributed by atoms with Gasteiger partial charge < -0.3 is 4.74 Å². The summed E-state index contributed by atoms with van der Waals surface area (Å²) in [7, 11) is 0. The lowest BCUT2D eigenvalue weighted by atomic mass is 10.1. The molecule has 0 aliphatic rings. The maximum Gasteiger partial charge on any atom is 0.296 e. The van der Waals surface area contributed by atoms with Gasteiger partial charge in [-0.25, -0.2) is 9.07 Å². The van der Waals surface area contributed by atoms with Crippen molar-refractivity contribution < 1.29 is 9.13 Å². The molecule has 6 rings (SSSR count). The van der Waals surface area contributed by atoms with Crippen molar-refractivity contribution in [3.05, 3.63) is 133 Å². The van der Waals surface area contributed by atoms with Gasteiger partial charge in [-0.2, -0.15) is 19.7 Å². The Morgan fingerprint density at radius 2 is 1.71 bits per heavy atom. The molecule has 0 spiro atoms. The van der Waals surface area contributed by atoms with E-state index in [1.807, 2.05) is 60.8 Å². The first-order valence-corrected chi connectivity index (χ1v) is 14.4. The molecule has 0 atom stereocenters. The maximum absolute atomic E-state index is 13.4. The summed E-state index contributed by atoms with van der Waals surface area (Å²) in [5.74, 6) is 0.410. The van der Waals surface area contributed by atoms with Gasteiger partial charge in [0.1, 0.15) is 23.0 Å². The van der Waals surface area contributed by atoms with Crippen LogP contribution in [0.2, 0.25) is 0 Å². The van der Waals surface area contributed by atoms with Gasteiger partial charge >= 0.3 is 0 Å². The molecule has 0 saturated carbocycles. The molecule has 6 aromatic rings. The van der Waals surface area contributed by atoms with Crippen LogP contribution in [0.15, 0.2) is 94.6 Å². The fourth-order valence-corrected chi connectivity index (χ4v) is 5.36. The Morgan fingerprint density at radius 1 is 0.952 bits per heavy atom. The van der Waals surface area contributed by atoms with Crippen LogP contribution in [0.4, 0.5) is 4.39 Å². The highest BCUT2D eigenvalue weighted by molar-refractivity contribution is 7.15. The highest BCUT2D eigenvalue weighted by atomic mass is 32.1. The fourth-order valence-electron chi connectivity index (χ4n) is 4.46. The van der Waals surface area contributed by atoms with Gasteiger partial charge in [0.15, 0.2) is 0 Å². The molecule has 0 radical (unpaired) electrons. The Kier molecular flexibility index (Phi) is 7.70. The second-order valence-corrected chi connectivity index (χ2v) is 10.7. The van der Waals surface area contributed by atoms with Crippen molar-refractivity contribution in [3.8, 4) is 22.7 Å². The molecule has 0 unspecified atom stereocenters. The van der Waals surface area contributed by atoms with Crippen LogP contribution >= 0.6 is 11.3 Å². The quantitative estimate of drug-likeness (QED) is 0.228. The molecule has 0 aliphatic heterocycles. The third-order valence-electron chi connectivity index (χ3n) is 6.68. The summed E-state index contributed by atoms with van der Waals surface area (Å²) >= 11 is 1.09. The van der Waals surface area contributed by atoms with Gasteiger partial charge in [-0.3, -0.25) is 9.59 Å². The lowest BCUT2D eigenvalue weighted by Crippen LogP contribution is -2.28. The van der Waals surface area contributed by atoms with Gasteiger partial charge in [0.25, 0.3) is 11.1 Å². The average Bonchev–Trinajstić information content (AvgIpc) is 3.56. The molecule has 3 aromatic heterocycles. The molecule has 3 heterocycles. The van der Waals surface area contributed by atoms with E-state index in [9.17, 15) is 14.0 Å². The summed E-state index contributed by atoms with van der Waals surface area (Å²) in [4.78, 5) is 30.5. The Balaban J connectivity index is 1.41. The van der Waals surface area contributed by atoms with Crippen molar-refractivity contribution in [1.82, 2.24) is 24.4 Å². The molecule has 0 aliphatic carbocycles. The first-order chi connectivity index (χ1) is 20.5. The predicted octanol–water partition coefficient (Wildman–Crippen LogP) is 4.82. The second kappa shape index (κ2) is 11.9. The number of ether oxygens (including phenoxy) is 1. The van der Waals surface area contributed by atoms with Gasteiger partial charge in [0.05, 0.1) is 16.8 Å². The largest absolute Gasteiger partial charge is 0.494 e. The van der Waals surface area contributed by atoms with E-state index >= 15 is 0 Å². The summed E-state index contributed by atoms with van der Waals surface area (Å²) in [5, 5.41) is 9.17. The van der Waals surface area contributed by atoms with Crippen molar-refractivity contribution in [1.29, 1.82) is 0 Å². The monoisotopic (exact) mass is 579 g/mol. The molecule has 0 bridgehead atoms. The molecular formula is C32H26FN5O3S. The zero-order valence-corrected chi connectivity index (χ0v) is 23.6. The van der Waals surface area contributed by atoms with Crippen molar-refractivity contribution in [2.75, 3.05) is 6.61 Å². The van der Waals surface area contributed by atoms with E-state index in [0.717, 1.165) is 51.3 Å². The van der Waals surface area contributed by atoms with Gasteiger partial charge in [0.2, 0.25) is 4.96 Å². The summed E-state index contributed by atoms with van der Waals surface area (Å²) in [5.41, 5.74) is 3.03. The van der Waals surface area contributed by atoms with Crippen LogP contribution in [0.25, 0.3) is 28.0 Å². The lowest BCUT2D eigenvalue weighted by Gasteiger charge is -2.06. The Morgan fingerprint density at radius 3 is 2.45 bits per heavy atom. The number of thiazole rings is 1. The average molecular weight is 580 g/mol. The number of fused-ring (bicyclic) bond motifs is 1. The Hall–Kier alpha value is -4.96. The fraction of sp³-hybridized carbons (Fsp3) is 0.156. The lowest BCUT2D eigenvalue weighted by molar-refractivity contribution is 0.309. The normalized spacial score (nSPS) is 11.8. The number of nitrogens with zero attached hydrogens (tertiary/aromatic N) is 5. The molecule has 8 nitrogen and oxygen atoms in total. The SMILES string of the molecule is CCCCOc1ccc(-c2nn(-c3ccccc3)cc2C=c2sc3nc(=O)c(Cc4ccc(F)cc4)nn3c2=O)cc1. The van der Waals surface area contributed by atoms with Crippen molar-refractivity contribution in [3.63, 3.8) is 0 Å². The molecule has 10 heteroatoms. The Bertz CT molecular complexity index is 2020. The van der Waals surface area contributed by atoms with Crippen LogP contribution in [0, 0.1) is 5.82 Å². The van der Waals surface area contributed by atoms with E-state index in [1.165, 1.54) is 12.1 Å². The Labute approximate surface area is 244 Å². The van der Waals surface area contributed by atoms with E-state index in [0.29, 0.717) is 22.4 Å². The number of benzene rings is 3. The number of halogens is 1. The molecule has 0 N–H and O–H groups in total.